The van der Waals surface area contributed by atoms with Gasteiger partial charge in [-0.1, -0.05) is 6.07 Å². The highest BCUT2D eigenvalue weighted by Gasteiger charge is 2.28. The molecule has 1 aromatic carbocycles. The van der Waals surface area contributed by atoms with Crippen molar-refractivity contribution >= 4 is 11.8 Å². The number of likely N-dealkylation sites (tertiary alicyclic amines) is 1. The van der Waals surface area contributed by atoms with Crippen molar-refractivity contribution < 1.29 is 18.7 Å². The molecule has 0 saturated carbocycles. The molecule has 1 aromatic heterocycles. The zero-order valence-electron chi connectivity index (χ0n) is 13.7. The summed E-state index contributed by atoms with van der Waals surface area (Å²) < 4.78 is 18.6. The number of pyridine rings is 1. The van der Waals surface area contributed by atoms with Crippen LogP contribution >= 0.6 is 0 Å². The predicted octanol–water partition coefficient (Wildman–Crippen LogP) is 2.36. The molecule has 0 aliphatic carbocycles. The molecule has 2 heterocycles. The first-order valence-electron chi connectivity index (χ1n) is 7.98. The van der Waals surface area contributed by atoms with Gasteiger partial charge in [0.15, 0.2) is 0 Å². The van der Waals surface area contributed by atoms with E-state index in [0.717, 1.165) is 6.42 Å². The first-order chi connectivity index (χ1) is 12.0. The summed E-state index contributed by atoms with van der Waals surface area (Å²) in [6.07, 6.45) is 2.85. The van der Waals surface area contributed by atoms with Crippen LogP contribution in [0.1, 0.15) is 23.3 Å². The molecule has 1 aliphatic heterocycles. The minimum atomic E-state index is -0.517. The van der Waals surface area contributed by atoms with E-state index in [1.54, 1.807) is 24.1 Å². The Balaban J connectivity index is 1.63. The van der Waals surface area contributed by atoms with E-state index >= 15 is 0 Å². The highest BCUT2D eigenvalue weighted by molar-refractivity contribution is 5.96. The van der Waals surface area contributed by atoms with Crippen LogP contribution in [0.25, 0.3) is 0 Å². The van der Waals surface area contributed by atoms with Crippen molar-refractivity contribution in [2.24, 2.45) is 0 Å². The first-order valence-corrected chi connectivity index (χ1v) is 7.98. The van der Waals surface area contributed by atoms with Crippen LogP contribution in [0.3, 0.4) is 0 Å². The molecule has 1 aliphatic rings. The van der Waals surface area contributed by atoms with Crippen molar-refractivity contribution in [1.29, 1.82) is 0 Å². The maximum absolute atomic E-state index is 13.1. The average Bonchev–Trinajstić information content (AvgIpc) is 2.59. The zero-order valence-corrected chi connectivity index (χ0v) is 13.7. The van der Waals surface area contributed by atoms with Crippen LogP contribution in [0.4, 0.5) is 4.39 Å². The van der Waals surface area contributed by atoms with E-state index in [2.05, 4.69) is 10.3 Å². The Hall–Kier alpha value is -2.96. The number of hydrogen-bond donors (Lipinski definition) is 1. The van der Waals surface area contributed by atoms with Gasteiger partial charge in [0.25, 0.3) is 5.91 Å². The number of piperidine rings is 1. The summed E-state index contributed by atoms with van der Waals surface area (Å²) in [5.41, 5.74) is 0.188. The molecule has 0 spiro atoms. The monoisotopic (exact) mass is 343 g/mol. The lowest BCUT2D eigenvalue weighted by Crippen LogP contribution is -2.50. The molecule has 0 radical (unpaired) electrons. The molecule has 130 valence electrons. The Morgan fingerprint density at radius 2 is 2.16 bits per heavy atom. The first kappa shape index (κ1) is 16.9. The van der Waals surface area contributed by atoms with Crippen molar-refractivity contribution in [3.8, 4) is 11.5 Å². The molecular formula is C18H18FN3O3. The standard InChI is InChI=1S/C18H18FN3O3/c1-22-9-3-6-16(18(22)24)21-17(23)15-8-7-14(11-20-15)25-13-5-2-4-12(19)10-13/h2,4-5,7-8,10-11,16H,3,6,9H2,1H3,(H,21,23). The minimum absolute atomic E-state index is 0.0920. The third kappa shape index (κ3) is 4.12. The molecule has 1 unspecified atom stereocenters. The summed E-state index contributed by atoms with van der Waals surface area (Å²) in [5, 5.41) is 2.71. The molecule has 2 aromatic rings. The fourth-order valence-corrected chi connectivity index (χ4v) is 2.64. The van der Waals surface area contributed by atoms with Crippen LogP contribution in [0.15, 0.2) is 42.6 Å². The number of carbonyl (C=O) groups excluding carboxylic acids is 2. The number of nitrogens with zero attached hydrogens (tertiary/aromatic N) is 2. The van der Waals surface area contributed by atoms with Crippen LogP contribution < -0.4 is 10.1 Å². The highest BCUT2D eigenvalue weighted by atomic mass is 19.1. The van der Waals surface area contributed by atoms with Gasteiger partial charge in [0, 0.05) is 19.7 Å². The third-order valence-electron chi connectivity index (χ3n) is 3.97. The largest absolute Gasteiger partial charge is 0.456 e. The predicted molar refractivity (Wildman–Crippen MR) is 88.8 cm³/mol. The van der Waals surface area contributed by atoms with E-state index in [4.69, 9.17) is 4.74 Å². The fraction of sp³-hybridized carbons (Fsp3) is 0.278. The van der Waals surface area contributed by atoms with Crippen molar-refractivity contribution in [1.82, 2.24) is 15.2 Å². The van der Waals surface area contributed by atoms with Crippen LogP contribution in [0.5, 0.6) is 11.5 Å². The van der Waals surface area contributed by atoms with Crippen molar-refractivity contribution in [2.45, 2.75) is 18.9 Å². The van der Waals surface area contributed by atoms with E-state index < -0.39 is 17.8 Å². The lowest BCUT2D eigenvalue weighted by molar-refractivity contribution is -0.134. The second-order valence-corrected chi connectivity index (χ2v) is 5.87. The van der Waals surface area contributed by atoms with Gasteiger partial charge in [-0.05, 0) is 37.1 Å². The number of carbonyl (C=O) groups is 2. The van der Waals surface area contributed by atoms with E-state index in [-0.39, 0.29) is 11.6 Å². The van der Waals surface area contributed by atoms with Gasteiger partial charge in [-0.2, -0.15) is 0 Å². The van der Waals surface area contributed by atoms with Crippen molar-refractivity contribution in [2.75, 3.05) is 13.6 Å². The van der Waals surface area contributed by atoms with Gasteiger partial charge in [0.1, 0.15) is 29.1 Å². The quantitative estimate of drug-likeness (QED) is 0.925. The Kier molecular flexibility index (Phi) is 4.92. The van der Waals surface area contributed by atoms with E-state index in [1.807, 2.05) is 0 Å². The van der Waals surface area contributed by atoms with Gasteiger partial charge in [-0.15, -0.1) is 0 Å². The number of rotatable bonds is 4. The number of benzene rings is 1. The second kappa shape index (κ2) is 7.29. The molecule has 1 atom stereocenters. The third-order valence-corrected chi connectivity index (χ3v) is 3.97. The lowest BCUT2D eigenvalue weighted by Gasteiger charge is -2.29. The fourth-order valence-electron chi connectivity index (χ4n) is 2.64. The molecule has 25 heavy (non-hydrogen) atoms. The SMILES string of the molecule is CN1CCCC(NC(=O)c2ccc(Oc3cccc(F)c3)cn2)C1=O. The summed E-state index contributed by atoms with van der Waals surface area (Å²) in [4.78, 5) is 29.9. The number of hydrogen-bond acceptors (Lipinski definition) is 4. The van der Waals surface area contributed by atoms with Crippen LogP contribution in [-0.2, 0) is 4.79 Å². The number of ether oxygens (including phenoxy) is 1. The van der Waals surface area contributed by atoms with E-state index in [9.17, 15) is 14.0 Å². The maximum Gasteiger partial charge on any atom is 0.270 e. The molecule has 0 bridgehead atoms. The van der Waals surface area contributed by atoms with Gasteiger partial charge in [-0.3, -0.25) is 9.59 Å². The summed E-state index contributed by atoms with van der Waals surface area (Å²) in [7, 11) is 1.72. The van der Waals surface area contributed by atoms with Gasteiger partial charge in [0.05, 0.1) is 6.20 Å². The Morgan fingerprint density at radius 3 is 2.88 bits per heavy atom. The zero-order chi connectivity index (χ0) is 17.8. The lowest BCUT2D eigenvalue weighted by atomic mass is 10.1. The second-order valence-electron chi connectivity index (χ2n) is 5.87. The number of likely N-dealkylation sites (N-methyl/N-ethyl adjacent to an activating group) is 1. The number of aromatic nitrogens is 1. The summed E-state index contributed by atoms with van der Waals surface area (Å²) >= 11 is 0. The molecule has 3 rings (SSSR count). The number of amides is 2. The minimum Gasteiger partial charge on any atom is -0.456 e. The van der Waals surface area contributed by atoms with Gasteiger partial charge in [-0.25, -0.2) is 9.37 Å². The molecule has 2 amide bonds. The maximum atomic E-state index is 13.1. The Bertz CT molecular complexity index is 779. The molecular weight excluding hydrogens is 325 g/mol. The molecule has 1 saturated heterocycles. The summed E-state index contributed by atoms with van der Waals surface area (Å²) in [6, 6.07) is 8.29. The number of halogens is 1. The average molecular weight is 343 g/mol. The summed E-state index contributed by atoms with van der Waals surface area (Å²) in [5.74, 6) is -0.175. The Labute approximate surface area is 144 Å². The summed E-state index contributed by atoms with van der Waals surface area (Å²) in [6.45, 7) is 0.704. The van der Waals surface area contributed by atoms with Crippen LogP contribution in [-0.4, -0.2) is 41.3 Å². The normalized spacial score (nSPS) is 17.3. The highest BCUT2D eigenvalue weighted by Crippen LogP contribution is 2.21. The number of nitrogens with one attached hydrogen (secondary N) is 1. The molecule has 1 N–H and O–H groups in total. The van der Waals surface area contributed by atoms with Gasteiger partial charge in [0.2, 0.25) is 5.91 Å². The van der Waals surface area contributed by atoms with Gasteiger partial charge < -0.3 is 15.0 Å². The Morgan fingerprint density at radius 1 is 1.32 bits per heavy atom. The van der Waals surface area contributed by atoms with E-state index in [1.165, 1.54) is 30.5 Å². The van der Waals surface area contributed by atoms with Crippen LogP contribution in [0.2, 0.25) is 0 Å². The van der Waals surface area contributed by atoms with Crippen molar-refractivity contribution in [3.63, 3.8) is 0 Å². The van der Waals surface area contributed by atoms with Crippen LogP contribution in [0, 0.1) is 5.82 Å². The topological polar surface area (TPSA) is 71.5 Å². The molecule has 7 heteroatoms. The van der Waals surface area contributed by atoms with E-state index in [0.29, 0.717) is 24.5 Å². The van der Waals surface area contributed by atoms with Crippen molar-refractivity contribution in [3.05, 3.63) is 54.1 Å². The molecule has 1 fully saturated rings. The molecule has 6 nitrogen and oxygen atoms in total. The smallest absolute Gasteiger partial charge is 0.270 e. The van der Waals surface area contributed by atoms with Gasteiger partial charge >= 0.3 is 0 Å².